The topological polar surface area (TPSA) is 107 Å². The molecule has 8 nitrogen and oxygen atoms in total. The predicted molar refractivity (Wildman–Crippen MR) is 165 cm³/mol. The molecule has 222 valence electrons. The molecule has 2 aliphatic rings. The second-order valence-electron chi connectivity index (χ2n) is 11.3. The Hall–Kier alpha value is -5.24. The number of phenols is 1. The van der Waals surface area contributed by atoms with Crippen LogP contribution in [0, 0.1) is 0 Å². The van der Waals surface area contributed by atoms with Gasteiger partial charge in [-0.3, -0.25) is 19.2 Å². The van der Waals surface area contributed by atoms with Crippen molar-refractivity contribution in [3.05, 3.63) is 138 Å². The highest BCUT2D eigenvalue weighted by Crippen LogP contribution is 2.32. The Morgan fingerprint density at radius 3 is 1.93 bits per heavy atom. The summed E-state index contributed by atoms with van der Waals surface area (Å²) in [6.07, 6.45) is 0.632. The first-order valence-electron chi connectivity index (χ1n) is 14.8. The number of hydrogen-bond donors (Lipinski definition) is 2. The van der Waals surface area contributed by atoms with Gasteiger partial charge in [0.2, 0.25) is 11.8 Å². The van der Waals surface area contributed by atoms with Gasteiger partial charge in [-0.2, -0.15) is 0 Å². The Balaban J connectivity index is 1.28. The van der Waals surface area contributed by atoms with E-state index in [-0.39, 0.29) is 42.2 Å². The smallest absolute Gasteiger partial charge is 0.254 e. The minimum absolute atomic E-state index is 0.0636. The first-order valence-corrected chi connectivity index (χ1v) is 14.8. The average molecular weight is 588 g/mol. The van der Waals surface area contributed by atoms with Crippen LogP contribution in [0.3, 0.4) is 0 Å². The number of nitrogens with one attached hydrogen (secondary N) is 1. The van der Waals surface area contributed by atoms with E-state index in [0.29, 0.717) is 18.5 Å². The zero-order valence-corrected chi connectivity index (χ0v) is 24.1. The van der Waals surface area contributed by atoms with E-state index in [1.807, 2.05) is 66.7 Å². The van der Waals surface area contributed by atoms with Crippen LogP contribution < -0.4 is 5.32 Å². The van der Waals surface area contributed by atoms with Crippen molar-refractivity contribution in [1.82, 2.24) is 15.1 Å². The SMILES string of the molecule is O=C(N[C@@H](Cc1ccc(O)cc1)C(=O)N1CCC2C1C(=O)CN2C(=O)c1ccccc1)C(c1ccccc1)c1ccccc1. The normalized spacial score (nSPS) is 18.2. The molecule has 6 rings (SSSR count). The number of amides is 3. The molecule has 44 heavy (non-hydrogen) atoms. The molecule has 4 aromatic carbocycles. The number of aromatic hydroxyl groups is 1. The van der Waals surface area contributed by atoms with Crippen LogP contribution in [0.5, 0.6) is 5.75 Å². The second kappa shape index (κ2) is 12.6. The molecule has 0 spiro atoms. The molecule has 2 N–H and O–H groups in total. The number of fused-ring (bicyclic) bond motifs is 1. The van der Waals surface area contributed by atoms with Crippen molar-refractivity contribution in [1.29, 1.82) is 0 Å². The lowest BCUT2D eigenvalue weighted by Gasteiger charge is -2.29. The van der Waals surface area contributed by atoms with Crippen LogP contribution in [0.1, 0.15) is 39.4 Å². The number of Topliss-reactive ketones (excluding diaryl/α,β-unsaturated/α-hetero) is 1. The maximum Gasteiger partial charge on any atom is 0.254 e. The van der Waals surface area contributed by atoms with E-state index in [0.717, 1.165) is 16.7 Å². The summed E-state index contributed by atoms with van der Waals surface area (Å²) in [6, 6.07) is 31.9. The number of hydrogen-bond acceptors (Lipinski definition) is 5. The van der Waals surface area contributed by atoms with Gasteiger partial charge in [0, 0.05) is 18.5 Å². The van der Waals surface area contributed by atoms with E-state index in [1.165, 1.54) is 17.0 Å². The maximum atomic E-state index is 14.3. The zero-order chi connectivity index (χ0) is 30.6. The third-order valence-corrected chi connectivity index (χ3v) is 8.51. The molecule has 2 saturated heterocycles. The van der Waals surface area contributed by atoms with Crippen molar-refractivity contribution in [2.45, 2.75) is 36.9 Å². The maximum absolute atomic E-state index is 14.3. The van der Waals surface area contributed by atoms with E-state index in [1.54, 1.807) is 41.3 Å². The Labute approximate surface area is 255 Å². The highest BCUT2D eigenvalue weighted by Gasteiger charge is 2.52. The predicted octanol–water partition coefficient (Wildman–Crippen LogP) is 3.95. The summed E-state index contributed by atoms with van der Waals surface area (Å²) in [6.45, 7) is 0.229. The Morgan fingerprint density at radius 1 is 0.773 bits per heavy atom. The number of phenolic OH excluding ortho intramolecular Hbond substituents is 1. The molecule has 2 aliphatic heterocycles. The van der Waals surface area contributed by atoms with Crippen molar-refractivity contribution in [3.63, 3.8) is 0 Å². The molecule has 2 heterocycles. The molecular formula is C36H33N3O5. The first-order chi connectivity index (χ1) is 21.4. The summed E-state index contributed by atoms with van der Waals surface area (Å²) < 4.78 is 0. The van der Waals surface area contributed by atoms with Gasteiger partial charge in [-0.05, 0) is 47.4 Å². The lowest BCUT2D eigenvalue weighted by molar-refractivity contribution is -0.140. The third-order valence-electron chi connectivity index (χ3n) is 8.51. The summed E-state index contributed by atoms with van der Waals surface area (Å²) in [7, 11) is 0. The van der Waals surface area contributed by atoms with E-state index in [9.17, 15) is 24.3 Å². The fourth-order valence-corrected chi connectivity index (χ4v) is 6.39. The third kappa shape index (κ3) is 5.83. The number of likely N-dealkylation sites (tertiary alicyclic amines) is 2. The molecule has 3 amide bonds. The van der Waals surface area contributed by atoms with Crippen molar-refractivity contribution in [2.75, 3.05) is 13.1 Å². The van der Waals surface area contributed by atoms with Crippen LogP contribution in [-0.2, 0) is 20.8 Å². The number of rotatable bonds is 8. The molecular weight excluding hydrogens is 554 g/mol. The Kier molecular flexibility index (Phi) is 8.23. The number of benzene rings is 4. The molecule has 3 atom stereocenters. The molecule has 0 radical (unpaired) electrons. The minimum atomic E-state index is -0.979. The van der Waals surface area contributed by atoms with E-state index < -0.39 is 24.0 Å². The lowest BCUT2D eigenvalue weighted by Crippen LogP contribution is -2.54. The van der Waals surface area contributed by atoms with Gasteiger partial charge >= 0.3 is 0 Å². The summed E-state index contributed by atoms with van der Waals surface area (Å²) in [5, 5.41) is 12.8. The first kappa shape index (κ1) is 28.9. The van der Waals surface area contributed by atoms with Gasteiger partial charge in [0.1, 0.15) is 17.8 Å². The van der Waals surface area contributed by atoms with Crippen LogP contribution in [0.4, 0.5) is 0 Å². The van der Waals surface area contributed by atoms with Crippen molar-refractivity contribution in [2.24, 2.45) is 0 Å². The number of carbonyl (C=O) groups excluding carboxylic acids is 4. The molecule has 0 aliphatic carbocycles. The molecule has 2 fully saturated rings. The van der Waals surface area contributed by atoms with E-state index in [4.69, 9.17) is 0 Å². The van der Waals surface area contributed by atoms with Crippen molar-refractivity contribution < 1.29 is 24.3 Å². The van der Waals surface area contributed by atoms with Gasteiger partial charge in [0.05, 0.1) is 18.5 Å². The van der Waals surface area contributed by atoms with Gasteiger partial charge in [0.15, 0.2) is 5.78 Å². The monoisotopic (exact) mass is 587 g/mol. The number of carbonyl (C=O) groups is 4. The highest BCUT2D eigenvalue weighted by molar-refractivity contribution is 6.03. The number of nitrogens with zero attached hydrogens (tertiary/aromatic N) is 2. The quantitative estimate of drug-likeness (QED) is 0.325. The van der Waals surface area contributed by atoms with Gasteiger partial charge < -0.3 is 20.2 Å². The molecule has 0 bridgehead atoms. The minimum Gasteiger partial charge on any atom is -0.508 e. The van der Waals surface area contributed by atoms with Crippen molar-refractivity contribution >= 4 is 23.5 Å². The van der Waals surface area contributed by atoms with E-state index in [2.05, 4.69) is 5.32 Å². The van der Waals surface area contributed by atoms with Crippen LogP contribution in [-0.4, -0.2) is 69.6 Å². The highest BCUT2D eigenvalue weighted by atomic mass is 16.3. The molecule has 8 heteroatoms. The van der Waals surface area contributed by atoms with Gasteiger partial charge in [-0.1, -0.05) is 91.0 Å². The van der Waals surface area contributed by atoms with Crippen LogP contribution in [0.25, 0.3) is 0 Å². The van der Waals surface area contributed by atoms with Gasteiger partial charge in [-0.15, -0.1) is 0 Å². The fraction of sp³-hybridized carbons (Fsp3) is 0.222. The van der Waals surface area contributed by atoms with E-state index >= 15 is 0 Å². The number of ketones is 1. The van der Waals surface area contributed by atoms with Crippen LogP contribution in [0.2, 0.25) is 0 Å². The van der Waals surface area contributed by atoms with Gasteiger partial charge in [0.25, 0.3) is 5.91 Å². The molecule has 0 saturated carbocycles. The summed E-state index contributed by atoms with van der Waals surface area (Å²) in [4.78, 5) is 58.1. The van der Waals surface area contributed by atoms with Crippen LogP contribution >= 0.6 is 0 Å². The summed E-state index contributed by atoms with van der Waals surface area (Å²) >= 11 is 0. The van der Waals surface area contributed by atoms with Gasteiger partial charge in [-0.25, -0.2) is 0 Å². The van der Waals surface area contributed by atoms with Crippen molar-refractivity contribution in [3.8, 4) is 5.75 Å². The average Bonchev–Trinajstić information content (AvgIpc) is 3.64. The molecule has 0 aromatic heterocycles. The lowest BCUT2D eigenvalue weighted by atomic mass is 9.90. The Morgan fingerprint density at radius 2 is 1.34 bits per heavy atom. The molecule has 2 unspecified atom stereocenters. The zero-order valence-electron chi connectivity index (χ0n) is 24.1. The second-order valence-corrected chi connectivity index (χ2v) is 11.3. The summed E-state index contributed by atoms with van der Waals surface area (Å²) in [5.41, 5.74) is 2.81. The largest absolute Gasteiger partial charge is 0.508 e. The van der Waals surface area contributed by atoms with Crippen LogP contribution in [0.15, 0.2) is 115 Å². The summed E-state index contributed by atoms with van der Waals surface area (Å²) in [5.74, 6) is -1.70. The standard InChI is InChI=1S/C36H33N3O5/c40-28-18-16-24(17-19-28)22-29(37-34(42)32(25-10-4-1-5-11-25)26-12-6-2-7-13-26)36(44)38-21-20-30-33(38)31(41)23-39(30)35(43)27-14-8-3-9-15-27/h1-19,29-30,32-33,40H,20-23H2,(H,37,42)/t29-,30?,33?/m0/s1. The molecule has 4 aromatic rings. The Bertz CT molecular complexity index is 1600. The fourth-order valence-electron chi connectivity index (χ4n) is 6.39.